The third-order valence-electron chi connectivity index (χ3n) is 2.43. The monoisotopic (exact) mass is 263 g/mol. The molecule has 90 valence electrons. The van der Waals surface area contributed by atoms with Gasteiger partial charge in [-0.1, -0.05) is 31.5 Å². The lowest BCUT2D eigenvalue weighted by Gasteiger charge is -2.14. The zero-order valence-corrected chi connectivity index (χ0v) is 10.9. The van der Waals surface area contributed by atoms with Gasteiger partial charge < -0.3 is 5.32 Å². The number of rotatable bonds is 5. The predicted molar refractivity (Wildman–Crippen MR) is 67.6 cm³/mol. The van der Waals surface area contributed by atoms with Crippen molar-refractivity contribution in [2.75, 3.05) is 6.54 Å². The maximum Gasteiger partial charge on any atom is 0.129 e. The topological polar surface area (TPSA) is 12.0 Å². The molecule has 1 nitrogen and oxygen atoms in total. The van der Waals surface area contributed by atoms with Crippen molar-refractivity contribution in [1.29, 1.82) is 0 Å². The maximum atomic E-state index is 13.4. The Morgan fingerprint density at radius 3 is 2.62 bits per heavy atom. The molecular formula is C12H16Cl2FN. The molecule has 4 heteroatoms. The van der Waals surface area contributed by atoms with Gasteiger partial charge in [-0.15, -0.1) is 11.6 Å². The van der Waals surface area contributed by atoms with E-state index in [9.17, 15) is 4.39 Å². The Morgan fingerprint density at radius 2 is 2.06 bits per heavy atom. The van der Waals surface area contributed by atoms with Crippen molar-refractivity contribution in [3.05, 3.63) is 34.6 Å². The van der Waals surface area contributed by atoms with E-state index in [1.165, 1.54) is 6.07 Å². The lowest BCUT2D eigenvalue weighted by molar-refractivity contribution is 0.534. The van der Waals surface area contributed by atoms with Crippen LogP contribution in [0.15, 0.2) is 18.2 Å². The minimum Gasteiger partial charge on any atom is -0.311 e. The van der Waals surface area contributed by atoms with Crippen LogP contribution in [0.2, 0.25) is 5.02 Å². The molecule has 0 aliphatic carbocycles. The van der Waals surface area contributed by atoms with Crippen molar-refractivity contribution in [2.45, 2.75) is 25.8 Å². The summed E-state index contributed by atoms with van der Waals surface area (Å²) in [6, 6.07) is 4.69. The summed E-state index contributed by atoms with van der Waals surface area (Å²) < 4.78 is 13.4. The number of hydrogen-bond acceptors (Lipinski definition) is 1. The summed E-state index contributed by atoms with van der Waals surface area (Å²) in [7, 11) is 0. The number of nitrogens with one attached hydrogen (secondary N) is 1. The smallest absolute Gasteiger partial charge is 0.129 e. The first kappa shape index (κ1) is 13.8. The van der Waals surface area contributed by atoms with Crippen molar-refractivity contribution < 1.29 is 4.39 Å². The van der Waals surface area contributed by atoms with Gasteiger partial charge in [-0.2, -0.15) is 0 Å². The molecular weight excluding hydrogens is 248 g/mol. The van der Waals surface area contributed by atoms with Crippen molar-refractivity contribution in [3.63, 3.8) is 0 Å². The van der Waals surface area contributed by atoms with Crippen molar-refractivity contribution in [1.82, 2.24) is 5.32 Å². The van der Waals surface area contributed by atoms with Crippen LogP contribution in [-0.4, -0.2) is 11.9 Å². The second kappa shape index (κ2) is 6.43. The molecule has 1 N–H and O–H groups in total. The molecule has 0 amide bonds. The van der Waals surface area contributed by atoms with Crippen LogP contribution in [0.25, 0.3) is 0 Å². The molecule has 0 saturated carbocycles. The van der Waals surface area contributed by atoms with E-state index in [1.54, 1.807) is 12.1 Å². The summed E-state index contributed by atoms with van der Waals surface area (Å²) in [6.07, 6.45) is 0. The van der Waals surface area contributed by atoms with Crippen molar-refractivity contribution >= 4 is 23.2 Å². The van der Waals surface area contributed by atoms with Crippen LogP contribution in [0.1, 0.15) is 19.4 Å². The van der Waals surface area contributed by atoms with Crippen LogP contribution in [0.3, 0.4) is 0 Å². The van der Waals surface area contributed by atoms with E-state index in [2.05, 4.69) is 19.2 Å². The number of halogens is 3. The summed E-state index contributed by atoms with van der Waals surface area (Å²) in [6.45, 7) is 5.15. The molecule has 0 fully saturated rings. The zero-order valence-electron chi connectivity index (χ0n) is 9.43. The van der Waals surface area contributed by atoms with E-state index in [0.29, 0.717) is 29.6 Å². The molecule has 0 bridgehead atoms. The summed E-state index contributed by atoms with van der Waals surface area (Å²) in [5.74, 6) is 0.112. The van der Waals surface area contributed by atoms with Gasteiger partial charge in [0.2, 0.25) is 0 Å². The average Bonchev–Trinajstić information content (AvgIpc) is 2.22. The van der Waals surface area contributed by atoms with Crippen molar-refractivity contribution in [3.8, 4) is 0 Å². The summed E-state index contributed by atoms with van der Waals surface area (Å²) in [5, 5.41) is 3.60. The highest BCUT2D eigenvalue weighted by Crippen LogP contribution is 2.18. The van der Waals surface area contributed by atoms with E-state index < -0.39 is 0 Å². The molecule has 0 aromatic heterocycles. The zero-order chi connectivity index (χ0) is 12.1. The van der Waals surface area contributed by atoms with Crippen LogP contribution in [0.5, 0.6) is 0 Å². The molecule has 1 aromatic carbocycles. The predicted octanol–water partition coefficient (Wildman–Crippen LogP) is 3.83. The van der Waals surface area contributed by atoms with E-state index in [0.717, 1.165) is 0 Å². The average molecular weight is 264 g/mol. The third-order valence-corrected chi connectivity index (χ3v) is 3.44. The Bertz CT molecular complexity index is 322. The Balaban J connectivity index is 2.49. The van der Waals surface area contributed by atoms with Gasteiger partial charge in [-0.25, -0.2) is 4.39 Å². The lowest BCUT2D eigenvalue weighted by atomic mass is 10.1. The fraction of sp³-hybridized carbons (Fsp3) is 0.500. The molecule has 1 atom stereocenters. The largest absolute Gasteiger partial charge is 0.311 e. The fourth-order valence-corrected chi connectivity index (χ4v) is 1.61. The molecule has 0 aliphatic heterocycles. The van der Waals surface area contributed by atoms with E-state index in [1.807, 2.05) is 0 Å². The maximum absolute atomic E-state index is 13.4. The molecule has 0 saturated heterocycles. The van der Waals surface area contributed by atoms with Gasteiger partial charge in [0, 0.05) is 29.1 Å². The Hall–Kier alpha value is -0.310. The van der Waals surface area contributed by atoms with Crippen LogP contribution < -0.4 is 5.32 Å². The molecule has 1 rings (SSSR count). The second-order valence-corrected chi connectivity index (χ2v) is 5.06. The summed E-state index contributed by atoms with van der Waals surface area (Å²) in [4.78, 5) is 0. The Morgan fingerprint density at radius 1 is 1.38 bits per heavy atom. The number of hydrogen-bond donors (Lipinski definition) is 1. The van der Waals surface area contributed by atoms with Crippen molar-refractivity contribution in [2.24, 2.45) is 5.92 Å². The van der Waals surface area contributed by atoms with Gasteiger partial charge in [-0.3, -0.25) is 0 Å². The van der Waals surface area contributed by atoms with Gasteiger partial charge in [0.15, 0.2) is 0 Å². The van der Waals surface area contributed by atoms with E-state index >= 15 is 0 Å². The minimum absolute atomic E-state index is 0.0468. The molecule has 0 spiro atoms. The normalized spacial score (nSPS) is 13.1. The van der Waals surface area contributed by atoms with Gasteiger partial charge in [-0.05, 0) is 18.1 Å². The Kier molecular flexibility index (Phi) is 5.53. The van der Waals surface area contributed by atoms with Crippen LogP contribution in [0.4, 0.5) is 4.39 Å². The van der Waals surface area contributed by atoms with Gasteiger partial charge in [0.25, 0.3) is 0 Å². The quantitative estimate of drug-likeness (QED) is 0.797. The first-order valence-electron chi connectivity index (χ1n) is 5.30. The second-order valence-electron chi connectivity index (χ2n) is 4.09. The van der Waals surface area contributed by atoms with E-state index in [-0.39, 0.29) is 11.2 Å². The molecule has 0 radical (unpaired) electrons. The van der Waals surface area contributed by atoms with Crippen LogP contribution in [-0.2, 0) is 6.54 Å². The lowest BCUT2D eigenvalue weighted by Crippen LogP contribution is -2.26. The third kappa shape index (κ3) is 3.93. The standard InChI is InChI=1S/C12H16Cl2FN/c1-8(2)11(14)7-16-6-9-10(13)4-3-5-12(9)15/h3-5,8,11,16H,6-7H2,1-2H3. The van der Waals surface area contributed by atoms with Gasteiger partial charge in [0.1, 0.15) is 5.82 Å². The van der Waals surface area contributed by atoms with Gasteiger partial charge >= 0.3 is 0 Å². The summed E-state index contributed by atoms with van der Waals surface area (Å²) in [5.41, 5.74) is 0.497. The van der Waals surface area contributed by atoms with Crippen LogP contribution in [0, 0.1) is 11.7 Å². The molecule has 16 heavy (non-hydrogen) atoms. The van der Waals surface area contributed by atoms with E-state index in [4.69, 9.17) is 23.2 Å². The molecule has 1 aromatic rings. The summed E-state index contributed by atoms with van der Waals surface area (Å²) >= 11 is 12.0. The molecule has 0 aliphatic rings. The Labute approximate surface area is 106 Å². The van der Waals surface area contributed by atoms with Crippen LogP contribution >= 0.6 is 23.2 Å². The SMILES string of the molecule is CC(C)C(Cl)CNCc1c(F)cccc1Cl. The van der Waals surface area contributed by atoms with Gasteiger partial charge in [0.05, 0.1) is 0 Å². The number of alkyl halides is 1. The first-order chi connectivity index (χ1) is 7.52. The fourth-order valence-electron chi connectivity index (χ4n) is 1.27. The number of benzene rings is 1. The molecule has 1 unspecified atom stereocenters. The highest BCUT2D eigenvalue weighted by atomic mass is 35.5. The highest BCUT2D eigenvalue weighted by Gasteiger charge is 2.10. The highest BCUT2D eigenvalue weighted by molar-refractivity contribution is 6.31. The molecule has 0 heterocycles. The first-order valence-corrected chi connectivity index (χ1v) is 6.11. The minimum atomic E-state index is -0.282.